The summed E-state index contributed by atoms with van der Waals surface area (Å²) >= 11 is 0. The molecule has 2 saturated heterocycles. The number of ether oxygens (including phenoxy) is 2. The summed E-state index contributed by atoms with van der Waals surface area (Å²) in [5, 5.41) is 6.32. The highest BCUT2D eigenvalue weighted by Crippen LogP contribution is 2.37. The summed E-state index contributed by atoms with van der Waals surface area (Å²) in [5.74, 6) is 0.501. The van der Waals surface area contributed by atoms with Gasteiger partial charge in [-0.25, -0.2) is 4.79 Å². The Kier molecular flexibility index (Phi) is 5.47. The summed E-state index contributed by atoms with van der Waals surface area (Å²) in [6.07, 6.45) is 0.675. The largest absolute Gasteiger partial charge is 0.444 e. The Hall–Kier alpha value is -0.520. The molecular formula is C13H25ClN2O3. The molecule has 0 aromatic rings. The van der Waals surface area contributed by atoms with Crippen LogP contribution in [0.2, 0.25) is 0 Å². The molecule has 0 spiro atoms. The highest BCUT2D eigenvalue weighted by atomic mass is 35.5. The van der Waals surface area contributed by atoms with Crippen LogP contribution in [0.5, 0.6) is 0 Å². The summed E-state index contributed by atoms with van der Waals surface area (Å²) in [7, 11) is 0. The summed E-state index contributed by atoms with van der Waals surface area (Å²) in [4.78, 5) is 11.7. The van der Waals surface area contributed by atoms with E-state index >= 15 is 0 Å². The molecule has 0 radical (unpaired) electrons. The Bertz CT molecular complexity index is 320. The van der Waals surface area contributed by atoms with Gasteiger partial charge in [0.2, 0.25) is 0 Å². The minimum atomic E-state index is -0.440. The van der Waals surface area contributed by atoms with Gasteiger partial charge in [0.15, 0.2) is 0 Å². The first-order valence-electron chi connectivity index (χ1n) is 6.67. The second-order valence-corrected chi connectivity index (χ2v) is 6.37. The zero-order valence-electron chi connectivity index (χ0n) is 12.0. The smallest absolute Gasteiger partial charge is 0.407 e. The van der Waals surface area contributed by atoms with Crippen LogP contribution in [0.3, 0.4) is 0 Å². The number of hydrogen-bond acceptors (Lipinski definition) is 4. The molecular weight excluding hydrogens is 268 g/mol. The zero-order chi connectivity index (χ0) is 13.2. The molecule has 112 valence electrons. The van der Waals surface area contributed by atoms with Gasteiger partial charge in [0.1, 0.15) is 5.60 Å². The van der Waals surface area contributed by atoms with Crippen molar-refractivity contribution in [3.63, 3.8) is 0 Å². The number of alkyl carbamates (subject to hydrolysis) is 1. The molecule has 2 fully saturated rings. The normalized spacial score (nSPS) is 30.2. The lowest BCUT2D eigenvalue weighted by atomic mass is 9.74. The molecule has 0 aromatic heterocycles. The number of hydrogen-bond donors (Lipinski definition) is 2. The SMILES string of the molecule is CC(C)(C)OC(=O)NC[C@]12CCOC[C@H]1CNC2.Cl. The van der Waals surface area contributed by atoms with E-state index < -0.39 is 5.60 Å². The number of halogens is 1. The third-order valence-corrected chi connectivity index (χ3v) is 3.78. The molecule has 0 aromatic carbocycles. The maximum atomic E-state index is 11.7. The van der Waals surface area contributed by atoms with Crippen molar-refractivity contribution >= 4 is 18.5 Å². The zero-order valence-corrected chi connectivity index (χ0v) is 12.8. The number of rotatable bonds is 2. The predicted octanol–water partition coefficient (Wildman–Crippen LogP) is 1.56. The lowest BCUT2D eigenvalue weighted by Crippen LogP contribution is -2.48. The Morgan fingerprint density at radius 2 is 2.26 bits per heavy atom. The minimum absolute atomic E-state index is 0. The maximum Gasteiger partial charge on any atom is 0.407 e. The van der Waals surface area contributed by atoms with Gasteiger partial charge in [0.05, 0.1) is 6.61 Å². The second kappa shape index (κ2) is 6.29. The fourth-order valence-electron chi connectivity index (χ4n) is 2.74. The molecule has 19 heavy (non-hydrogen) atoms. The highest BCUT2D eigenvalue weighted by molar-refractivity contribution is 5.85. The number of nitrogens with one attached hydrogen (secondary N) is 2. The van der Waals surface area contributed by atoms with Crippen molar-refractivity contribution in [3.8, 4) is 0 Å². The first-order chi connectivity index (χ1) is 8.41. The van der Waals surface area contributed by atoms with Crippen LogP contribution in [0, 0.1) is 11.3 Å². The number of carbonyl (C=O) groups is 1. The van der Waals surface area contributed by atoms with Gasteiger partial charge in [-0.3, -0.25) is 0 Å². The molecule has 2 N–H and O–H groups in total. The van der Waals surface area contributed by atoms with Crippen LogP contribution < -0.4 is 10.6 Å². The van der Waals surface area contributed by atoms with E-state index in [9.17, 15) is 4.79 Å². The van der Waals surface area contributed by atoms with Gasteiger partial charge in [-0.05, 0) is 27.2 Å². The number of carbonyl (C=O) groups excluding carboxylic acids is 1. The van der Waals surface area contributed by atoms with Crippen molar-refractivity contribution in [2.75, 3.05) is 32.8 Å². The standard InChI is InChI=1S/C13H24N2O3.ClH/c1-12(2,3)18-11(16)15-9-13-4-5-17-7-10(13)6-14-8-13;/h10,14H,4-9H2,1-3H3,(H,15,16);1H/t10-,13-;/m1./s1. The van der Waals surface area contributed by atoms with Gasteiger partial charge in [-0.1, -0.05) is 0 Å². The van der Waals surface area contributed by atoms with Crippen molar-refractivity contribution in [2.24, 2.45) is 11.3 Å². The average Bonchev–Trinajstić information content (AvgIpc) is 2.68. The average molecular weight is 293 g/mol. The third-order valence-electron chi connectivity index (χ3n) is 3.78. The minimum Gasteiger partial charge on any atom is -0.444 e. The molecule has 1 amide bonds. The third kappa shape index (κ3) is 4.23. The Morgan fingerprint density at radius 3 is 2.95 bits per heavy atom. The van der Waals surface area contributed by atoms with E-state index in [2.05, 4.69) is 10.6 Å². The fourth-order valence-corrected chi connectivity index (χ4v) is 2.74. The summed E-state index contributed by atoms with van der Waals surface area (Å²) in [6.45, 7) is 9.81. The number of amides is 1. The van der Waals surface area contributed by atoms with Gasteiger partial charge < -0.3 is 20.1 Å². The lowest BCUT2D eigenvalue weighted by molar-refractivity contribution is -0.0162. The predicted molar refractivity (Wildman–Crippen MR) is 75.7 cm³/mol. The van der Waals surface area contributed by atoms with Crippen molar-refractivity contribution in [1.29, 1.82) is 0 Å². The topological polar surface area (TPSA) is 59.6 Å². The van der Waals surface area contributed by atoms with Gasteiger partial charge in [-0.15, -0.1) is 12.4 Å². The monoisotopic (exact) mass is 292 g/mol. The Morgan fingerprint density at radius 1 is 1.53 bits per heavy atom. The van der Waals surface area contributed by atoms with Gasteiger partial charge in [0.25, 0.3) is 0 Å². The maximum absolute atomic E-state index is 11.7. The Balaban J connectivity index is 0.00000180. The van der Waals surface area contributed by atoms with E-state index in [1.54, 1.807) is 0 Å². The first-order valence-corrected chi connectivity index (χ1v) is 6.67. The van der Waals surface area contributed by atoms with Crippen LogP contribution in [0.15, 0.2) is 0 Å². The van der Waals surface area contributed by atoms with E-state index in [0.29, 0.717) is 12.5 Å². The van der Waals surface area contributed by atoms with E-state index in [1.807, 2.05) is 20.8 Å². The molecule has 0 unspecified atom stereocenters. The van der Waals surface area contributed by atoms with Crippen LogP contribution in [-0.4, -0.2) is 44.5 Å². The second-order valence-electron chi connectivity index (χ2n) is 6.37. The molecule has 0 saturated carbocycles. The fraction of sp³-hybridized carbons (Fsp3) is 0.923. The summed E-state index contributed by atoms with van der Waals surface area (Å²) in [6, 6.07) is 0. The van der Waals surface area contributed by atoms with Gasteiger partial charge in [-0.2, -0.15) is 0 Å². The molecule has 2 rings (SSSR count). The molecule has 6 heteroatoms. The van der Waals surface area contributed by atoms with E-state index in [-0.39, 0.29) is 23.9 Å². The highest BCUT2D eigenvalue weighted by Gasteiger charge is 2.45. The summed E-state index contributed by atoms with van der Waals surface area (Å²) < 4.78 is 10.8. The van der Waals surface area contributed by atoms with Crippen molar-refractivity contribution in [1.82, 2.24) is 10.6 Å². The quantitative estimate of drug-likeness (QED) is 0.811. The lowest BCUT2D eigenvalue weighted by Gasteiger charge is -2.38. The van der Waals surface area contributed by atoms with E-state index in [0.717, 1.165) is 32.7 Å². The van der Waals surface area contributed by atoms with Crippen LogP contribution in [0.4, 0.5) is 4.79 Å². The van der Waals surface area contributed by atoms with Gasteiger partial charge in [0, 0.05) is 37.6 Å². The molecule has 2 aliphatic rings. The molecule has 0 bridgehead atoms. The molecule has 0 aliphatic carbocycles. The van der Waals surface area contributed by atoms with Crippen LogP contribution in [0.1, 0.15) is 27.2 Å². The van der Waals surface area contributed by atoms with Crippen molar-refractivity contribution in [2.45, 2.75) is 32.8 Å². The summed E-state index contributed by atoms with van der Waals surface area (Å²) in [5.41, 5.74) is -0.292. The van der Waals surface area contributed by atoms with E-state index in [4.69, 9.17) is 9.47 Å². The Labute approximate surface area is 121 Å². The van der Waals surface area contributed by atoms with E-state index in [1.165, 1.54) is 0 Å². The van der Waals surface area contributed by atoms with Crippen molar-refractivity contribution in [3.05, 3.63) is 0 Å². The molecule has 2 aliphatic heterocycles. The number of fused-ring (bicyclic) bond motifs is 1. The molecule has 2 atom stereocenters. The molecule has 5 nitrogen and oxygen atoms in total. The van der Waals surface area contributed by atoms with Crippen LogP contribution in [0.25, 0.3) is 0 Å². The first kappa shape index (κ1) is 16.5. The van der Waals surface area contributed by atoms with Crippen molar-refractivity contribution < 1.29 is 14.3 Å². The van der Waals surface area contributed by atoms with Crippen LogP contribution in [-0.2, 0) is 9.47 Å². The molecule has 2 heterocycles. The van der Waals surface area contributed by atoms with Gasteiger partial charge >= 0.3 is 6.09 Å². The van der Waals surface area contributed by atoms with Crippen LogP contribution >= 0.6 is 12.4 Å².